The van der Waals surface area contributed by atoms with Crippen molar-refractivity contribution in [3.05, 3.63) is 51.6 Å². The maximum Gasteiger partial charge on any atom is 0.275 e. The van der Waals surface area contributed by atoms with Gasteiger partial charge < -0.3 is 5.11 Å². The van der Waals surface area contributed by atoms with Crippen LogP contribution < -0.4 is 0 Å². The summed E-state index contributed by atoms with van der Waals surface area (Å²) in [5.74, 6) is -0.848. The quantitative estimate of drug-likeness (QED) is 0.503. The predicted molar refractivity (Wildman–Crippen MR) is 68.4 cm³/mol. The lowest BCUT2D eigenvalue weighted by Crippen LogP contribution is -2.29. The molecule has 0 fully saturated rings. The van der Waals surface area contributed by atoms with Gasteiger partial charge in [0.2, 0.25) is 0 Å². The molecule has 1 atom stereocenters. The second-order valence-corrected chi connectivity index (χ2v) is 4.42. The van der Waals surface area contributed by atoms with Crippen LogP contribution in [0.1, 0.15) is 24.2 Å². The fourth-order valence-electron chi connectivity index (χ4n) is 1.97. The fraction of sp³-hybridized carbons (Fsp3) is 0.231. The average Bonchev–Trinajstić information content (AvgIpc) is 2.70. The number of aliphatic hydroxyl groups excluding tert-OH is 1. The van der Waals surface area contributed by atoms with Crippen molar-refractivity contribution in [2.45, 2.75) is 19.6 Å². The Kier molecular flexibility index (Phi) is 3.62. The molecule has 1 aromatic carbocycles. The number of aliphatic hydroxyl groups is 1. The summed E-state index contributed by atoms with van der Waals surface area (Å²) < 4.78 is 0. The highest BCUT2D eigenvalue weighted by Gasteiger charge is 2.25. The Morgan fingerprint density at radius 2 is 1.90 bits per heavy atom. The number of nitro groups is 1. The maximum absolute atomic E-state index is 11.4. The van der Waals surface area contributed by atoms with Crippen LogP contribution in [0, 0.1) is 10.1 Å². The molecular formula is C13H12N2O5. The normalized spacial score (nSPS) is 15.8. The van der Waals surface area contributed by atoms with E-state index in [1.165, 1.54) is 37.3 Å². The minimum Gasteiger partial charge on any atom is -0.388 e. The number of nitrogens with zero attached hydrogens (tertiary/aromatic N) is 2. The Balaban J connectivity index is 2.30. The first-order valence-electron chi connectivity index (χ1n) is 5.89. The number of imide groups is 1. The molecule has 1 aromatic rings. The van der Waals surface area contributed by atoms with Gasteiger partial charge in [0, 0.05) is 18.2 Å². The van der Waals surface area contributed by atoms with E-state index in [1.54, 1.807) is 0 Å². The molecule has 0 spiro atoms. The molecule has 0 aromatic heterocycles. The van der Waals surface area contributed by atoms with Crippen LogP contribution in [0.4, 0.5) is 5.69 Å². The van der Waals surface area contributed by atoms with E-state index in [-0.39, 0.29) is 17.8 Å². The van der Waals surface area contributed by atoms with Crippen molar-refractivity contribution in [3.8, 4) is 0 Å². The lowest BCUT2D eigenvalue weighted by atomic mass is 10.0. The minimum atomic E-state index is -1.02. The Morgan fingerprint density at radius 1 is 1.30 bits per heavy atom. The molecule has 0 bridgehead atoms. The van der Waals surface area contributed by atoms with Crippen LogP contribution in [-0.4, -0.2) is 26.7 Å². The molecule has 2 rings (SSSR count). The molecule has 0 radical (unpaired) electrons. The summed E-state index contributed by atoms with van der Waals surface area (Å²) in [5.41, 5.74) is 0.498. The van der Waals surface area contributed by atoms with Crippen LogP contribution in [0.3, 0.4) is 0 Å². The molecule has 0 saturated heterocycles. The minimum absolute atomic E-state index is 0.0163. The van der Waals surface area contributed by atoms with Crippen molar-refractivity contribution in [2.24, 2.45) is 0 Å². The largest absolute Gasteiger partial charge is 0.388 e. The Labute approximate surface area is 114 Å². The average molecular weight is 276 g/mol. The van der Waals surface area contributed by atoms with Gasteiger partial charge in [-0.2, -0.15) is 0 Å². The number of benzene rings is 1. The molecule has 0 aliphatic carbocycles. The molecule has 1 aliphatic rings. The zero-order chi connectivity index (χ0) is 14.9. The van der Waals surface area contributed by atoms with Crippen LogP contribution in [0.5, 0.6) is 0 Å². The van der Waals surface area contributed by atoms with Crippen LogP contribution in [0.25, 0.3) is 0 Å². The molecule has 1 unspecified atom stereocenters. The number of hydrogen-bond acceptors (Lipinski definition) is 5. The van der Waals surface area contributed by atoms with Gasteiger partial charge in [0.25, 0.3) is 17.5 Å². The maximum atomic E-state index is 11.4. The molecular weight excluding hydrogens is 264 g/mol. The second kappa shape index (κ2) is 5.22. The van der Waals surface area contributed by atoms with Crippen molar-refractivity contribution < 1.29 is 19.6 Å². The topological polar surface area (TPSA) is 101 Å². The number of rotatable bonds is 4. The molecule has 1 N–H and O–H groups in total. The van der Waals surface area contributed by atoms with Gasteiger partial charge in [-0.15, -0.1) is 0 Å². The van der Waals surface area contributed by atoms with Crippen LogP contribution in [0.2, 0.25) is 0 Å². The third-order valence-electron chi connectivity index (χ3n) is 2.98. The fourth-order valence-corrected chi connectivity index (χ4v) is 1.97. The molecule has 1 heterocycles. The van der Waals surface area contributed by atoms with Crippen LogP contribution >= 0.6 is 0 Å². The molecule has 0 saturated carbocycles. The van der Waals surface area contributed by atoms with Crippen LogP contribution in [-0.2, 0) is 16.1 Å². The highest BCUT2D eigenvalue weighted by Crippen LogP contribution is 2.26. The van der Waals surface area contributed by atoms with E-state index in [2.05, 4.69) is 0 Å². The van der Waals surface area contributed by atoms with E-state index in [9.17, 15) is 24.8 Å². The van der Waals surface area contributed by atoms with Crippen molar-refractivity contribution >= 4 is 17.5 Å². The van der Waals surface area contributed by atoms with Gasteiger partial charge in [-0.3, -0.25) is 24.6 Å². The van der Waals surface area contributed by atoms with E-state index in [1.807, 2.05) is 0 Å². The lowest BCUT2D eigenvalue weighted by Gasteiger charge is -2.15. The first-order valence-corrected chi connectivity index (χ1v) is 5.89. The van der Waals surface area contributed by atoms with Crippen molar-refractivity contribution in [1.29, 1.82) is 0 Å². The van der Waals surface area contributed by atoms with Crippen molar-refractivity contribution in [1.82, 2.24) is 4.90 Å². The summed E-state index contributed by atoms with van der Waals surface area (Å²) in [6, 6.07) is 4.15. The summed E-state index contributed by atoms with van der Waals surface area (Å²) >= 11 is 0. The first-order chi connectivity index (χ1) is 9.40. The van der Waals surface area contributed by atoms with Gasteiger partial charge in [-0.1, -0.05) is 6.07 Å². The SMILES string of the molecule is CC(O)c1cc(CN2C(=O)C=CC2=O)ccc1[N+](=O)[O-]. The van der Waals surface area contributed by atoms with Crippen LogP contribution in [0.15, 0.2) is 30.4 Å². The third kappa shape index (κ3) is 2.57. The van der Waals surface area contributed by atoms with Gasteiger partial charge in [0.1, 0.15) is 0 Å². The summed E-state index contributed by atoms with van der Waals surface area (Å²) in [7, 11) is 0. The Hall–Kier alpha value is -2.54. The molecule has 104 valence electrons. The van der Waals surface area contributed by atoms with E-state index in [0.717, 1.165) is 4.90 Å². The number of carbonyl (C=O) groups excluding carboxylic acids is 2. The molecule has 2 amide bonds. The monoisotopic (exact) mass is 276 g/mol. The summed E-state index contributed by atoms with van der Waals surface area (Å²) in [6.07, 6.45) is 1.32. The summed E-state index contributed by atoms with van der Waals surface area (Å²) in [6.45, 7) is 1.43. The number of nitro benzene ring substituents is 1. The van der Waals surface area contributed by atoms with Gasteiger partial charge >= 0.3 is 0 Å². The lowest BCUT2D eigenvalue weighted by molar-refractivity contribution is -0.386. The summed E-state index contributed by atoms with van der Waals surface area (Å²) in [4.78, 5) is 34.2. The molecule has 7 nitrogen and oxygen atoms in total. The number of carbonyl (C=O) groups is 2. The van der Waals surface area contributed by atoms with Gasteiger partial charge in [-0.05, 0) is 18.6 Å². The number of amides is 2. The van der Waals surface area contributed by atoms with Crippen molar-refractivity contribution in [2.75, 3.05) is 0 Å². The predicted octanol–water partition coefficient (Wildman–Crippen LogP) is 1.07. The third-order valence-corrected chi connectivity index (χ3v) is 2.98. The zero-order valence-electron chi connectivity index (χ0n) is 10.6. The first kappa shape index (κ1) is 13.9. The van der Waals surface area contributed by atoms with E-state index in [0.29, 0.717) is 5.56 Å². The van der Waals surface area contributed by atoms with E-state index >= 15 is 0 Å². The Bertz CT molecular complexity index is 603. The van der Waals surface area contributed by atoms with Gasteiger partial charge in [0.05, 0.1) is 23.1 Å². The molecule has 1 aliphatic heterocycles. The Morgan fingerprint density at radius 3 is 2.40 bits per heavy atom. The molecule has 7 heteroatoms. The van der Waals surface area contributed by atoms with Crippen molar-refractivity contribution in [3.63, 3.8) is 0 Å². The van der Waals surface area contributed by atoms with Gasteiger partial charge in [0.15, 0.2) is 0 Å². The van der Waals surface area contributed by atoms with E-state index in [4.69, 9.17) is 0 Å². The van der Waals surface area contributed by atoms with Gasteiger partial charge in [-0.25, -0.2) is 0 Å². The summed E-state index contributed by atoms with van der Waals surface area (Å²) in [5, 5.41) is 20.4. The highest BCUT2D eigenvalue weighted by molar-refractivity contribution is 6.12. The zero-order valence-corrected chi connectivity index (χ0v) is 10.6. The standard InChI is InChI=1S/C13H12N2O5/c1-8(16)10-6-9(2-3-11(10)15(19)20)7-14-12(17)4-5-13(14)18/h2-6,8,16H,7H2,1H3. The number of hydrogen-bond donors (Lipinski definition) is 1. The van der Waals surface area contributed by atoms with E-state index < -0.39 is 22.8 Å². The smallest absolute Gasteiger partial charge is 0.275 e. The second-order valence-electron chi connectivity index (χ2n) is 4.42. The molecule has 20 heavy (non-hydrogen) atoms. The highest BCUT2D eigenvalue weighted by atomic mass is 16.6.